The third-order valence-corrected chi connectivity index (χ3v) is 6.82. The highest BCUT2D eigenvalue weighted by Crippen LogP contribution is 2.32. The number of anilines is 3. The summed E-state index contributed by atoms with van der Waals surface area (Å²) in [5.74, 6) is -1.18. The van der Waals surface area contributed by atoms with Gasteiger partial charge in [0, 0.05) is 29.5 Å². The minimum atomic E-state index is -0.516. The molecule has 3 aromatic rings. The van der Waals surface area contributed by atoms with E-state index in [1.165, 1.54) is 11.0 Å². The summed E-state index contributed by atoms with van der Waals surface area (Å²) in [6.07, 6.45) is 9.82. The van der Waals surface area contributed by atoms with Gasteiger partial charge in [0.25, 0.3) is 11.5 Å². The van der Waals surface area contributed by atoms with E-state index in [0.29, 0.717) is 34.6 Å². The molecule has 1 amide bonds. The Balaban J connectivity index is 1.61. The normalized spacial score (nSPS) is 20.2. The Morgan fingerprint density at radius 1 is 0.872 bits per heavy atom. The summed E-state index contributed by atoms with van der Waals surface area (Å²) in [5, 5.41) is 12.0. The van der Waals surface area contributed by atoms with Gasteiger partial charge in [0.1, 0.15) is 5.57 Å². The summed E-state index contributed by atoms with van der Waals surface area (Å²) < 4.78 is 0. The lowest BCUT2D eigenvalue weighted by molar-refractivity contribution is -0.113. The minimum absolute atomic E-state index is 0.0837. The molecular weight excluding hydrogens is 494 g/mol. The Bertz CT molecular complexity index is 1880. The first-order valence-corrected chi connectivity index (χ1v) is 12.4. The van der Waals surface area contributed by atoms with E-state index in [4.69, 9.17) is 0 Å². The Morgan fingerprint density at radius 3 is 2.41 bits per heavy atom. The number of hydrogen-bond donors (Lipinski definition) is 4. The number of carbonyl (C=O) groups excluding carboxylic acids is 3. The molecule has 2 aromatic carbocycles. The van der Waals surface area contributed by atoms with Crippen LogP contribution in [-0.4, -0.2) is 34.2 Å². The monoisotopic (exact) mass is 517 g/mol. The molecule has 3 aliphatic rings. The number of fused-ring (bicyclic) bond motifs is 2. The van der Waals surface area contributed by atoms with E-state index in [1.54, 1.807) is 54.8 Å². The topological polar surface area (TPSA) is 127 Å². The highest BCUT2D eigenvalue weighted by Gasteiger charge is 2.35. The number of H-pyrrole nitrogens is 2. The van der Waals surface area contributed by atoms with E-state index in [9.17, 15) is 19.2 Å². The van der Waals surface area contributed by atoms with E-state index >= 15 is 0 Å². The number of allylic oxidation sites excluding steroid dienone is 6. The number of rotatable bonds is 2. The summed E-state index contributed by atoms with van der Waals surface area (Å²) in [6, 6.07) is 14.4. The zero-order valence-electron chi connectivity index (χ0n) is 20.9. The number of para-hydroxylation sites is 3. The van der Waals surface area contributed by atoms with Crippen LogP contribution >= 0.6 is 0 Å². The number of carbonyl (C=O) groups is 3. The van der Waals surface area contributed by atoms with Crippen LogP contribution in [0, 0.1) is 0 Å². The van der Waals surface area contributed by atoms with Gasteiger partial charge in [-0.2, -0.15) is 0 Å². The lowest BCUT2D eigenvalue weighted by atomic mass is 9.94. The fourth-order valence-electron chi connectivity index (χ4n) is 4.93. The Kier molecular flexibility index (Phi) is 5.80. The van der Waals surface area contributed by atoms with Crippen molar-refractivity contribution >= 4 is 46.2 Å². The quantitative estimate of drug-likeness (QED) is 0.386. The first kappa shape index (κ1) is 23.9. The van der Waals surface area contributed by atoms with Crippen molar-refractivity contribution in [1.82, 2.24) is 10.2 Å². The second kappa shape index (κ2) is 9.46. The molecule has 0 bridgehead atoms. The molecule has 0 spiro atoms. The van der Waals surface area contributed by atoms with Crippen LogP contribution in [0.15, 0.2) is 101 Å². The standard InChI is InChI=1S/C30H23N5O4/c1-2-35-23-13-7-3-9-18(23)28(37)25(30(35)39)27-20(29(38)34-33-27)15-17-16-31-21-11-5-6-12-22(21)32-26(17)19-10-4-8-14-24(19)36/h3-16,31-33H,2H2,1H3,(H,34,38)/b20-15-,26-19-,27-25+. The van der Waals surface area contributed by atoms with Gasteiger partial charge >= 0.3 is 0 Å². The maximum Gasteiger partial charge on any atom is 0.271 e. The second-order valence-electron chi connectivity index (χ2n) is 9.07. The van der Waals surface area contributed by atoms with Crippen LogP contribution in [0.1, 0.15) is 17.3 Å². The summed E-state index contributed by atoms with van der Waals surface area (Å²) in [6.45, 7) is 2.16. The number of nitrogens with one attached hydrogen (secondary N) is 4. The first-order chi connectivity index (χ1) is 19.0. The number of ketones is 2. The molecule has 0 atom stereocenters. The summed E-state index contributed by atoms with van der Waals surface area (Å²) in [4.78, 5) is 54.5. The van der Waals surface area contributed by atoms with Gasteiger partial charge in [-0.3, -0.25) is 29.4 Å². The van der Waals surface area contributed by atoms with E-state index in [0.717, 1.165) is 11.4 Å². The zero-order chi connectivity index (χ0) is 27.1. The van der Waals surface area contributed by atoms with Crippen molar-refractivity contribution in [2.24, 2.45) is 0 Å². The minimum Gasteiger partial charge on any atom is -0.359 e. The van der Waals surface area contributed by atoms with Gasteiger partial charge in [0.15, 0.2) is 5.78 Å². The van der Waals surface area contributed by atoms with Gasteiger partial charge in [-0.1, -0.05) is 36.4 Å². The number of Topliss-reactive ketones (excluding diaryl/α,β-unsaturated/α-hetero) is 1. The lowest BCUT2D eigenvalue weighted by Gasteiger charge is -2.28. The van der Waals surface area contributed by atoms with Crippen LogP contribution in [0.25, 0.3) is 11.6 Å². The molecule has 2 aliphatic heterocycles. The lowest BCUT2D eigenvalue weighted by Crippen LogP contribution is -2.45. The largest absolute Gasteiger partial charge is 0.359 e. The van der Waals surface area contributed by atoms with E-state index in [2.05, 4.69) is 20.8 Å². The van der Waals surface area contributed by atoms with Gasteiger partial charge < -0.3 is 15.5 Å². The highest BCUT2D eigenvalue weighted by molar-refractivity contribution is 6.51. The molecule has 6 rings (SSSR count). The molecule has 1 aromatic heterocycles. The van der Waals surface area contributed by atoms with Gasteiger partial charge in [-0.25, -0.2) is 0 Å². The van der Waals surface area contributed by atoms with Crippen LogP contribution in [0.3, 0.4) is 0 Å². The molecule has 4 N–H and O–H groups in total. The van der Waals surface area contributed by atoms with Crippen LogP contribution < -0.4 is 31.7 Å². The first-order valence-electron chi connectivity index (χ1n) is 12.4. The van der Waals surface area contributed by atoms with E-state index in [1.807, 2.05) is 31.2 Å². The molecule has 0 saturated carbocycles. The second-order valence-corrected chi connectivity index (χ2v) is 9.07. The van der Waals surface area contributed by atoms with Crippen LogP contribution in [-0.2, 0) is 9.59 Å². The maximum absolute atomic E-state index is 13.6. The van der Waals surface area contributed by atoms with Crippen LogP contribution in [0.4, 0.5) is 17.1 Å². The molecule has 39 heavy (non-hydrogen) atoms. The smallest absolute Gasteiger partial charge is 0.271 e. The molecular formula is C30H23N5O4. The molecule has 0 radical (unpaired) electrons. The van der Waals surface area contributed by atoms with Crippen LogP contribution in [0.5, 0.6) is 0 Å². The van der Waals surface area contributed by atoms with Crippen molar-refractivity contribution in [2.45, 2.75) is 6.92 Å². The summed E-state index contributed by atoms with van der Waals surface area (Å²) in [5.41, 5.74) is 3.11. The van der Waals surface area contributed by atoms with E-state index < -0.39 is 17.2 Å². The fraction of sp³-hybridized carbons (Fsp3) is 0.0667. The molecule has 3 heterocycles. The molecule has 1 aliphatic carbocycles. The molecule has 0 saturated heterocycles. The average molecular weight is 518 g/mol. The van der Waals surface area contributed by atoms with Gasteiger partial charge in [-0.15, -0.1) is 0 Å². The van der Waals surface area contributed by atoms with Crippen molar-refractivity contribution in [3.05, 3.63) is 122 Å². The molecule has 0 unspecified atom stereocenters. The van der Waals surface area contributed by atoms with Crippen molar-refractivity contribution in [1.29, 1.82) is 0 Å². The van der Waals surface area contributed by atoms with Gasteiger partial charge in [0.05, 0.1) is 33.3 Å². The third-order valence-electron chi connectivity index (χ3n) is 6.82. The predicted octanol–water partition coefficient (Wildman–Crippen LogP) is 2.25. The maximum atomic E-state index is 13.6. The average Bonchev–Trinajstić information content (AvgIpc) is 3.19. The number of aromatic nitrogens is 2. The number of nitrogens with zero attached hydrogens (tertiary/aromatic N) is 1. The van der Waals surface area contributed by atoms with Crippen molar-refractivity contribution in [2.75, 3.05) is 22.1 Å². The van der Waals surface area contributed by atoms with Crippen LogP contribution in [0.2, 0.25) is 0 Å². The zero-order valence-corrected chi connectivity index (χ0v) is 20.9. The number of benzene rings is 2. The molecule has 9 heteroatoms. The Labute approximate surface area is 222 Å². The van der Waals surface area contributed by atoms with Gasteiger partial charge in [-0.05, 0) is 49.4 Å². The molecule has 192 valence electrons. The third kappa shape index (κ3) is 3.97. The summed E-state index contributed by atoms with van der Waals surface area (Å²) >= 11 is 0. The van der Waals surface area contributed by atoms with Crippen molar-refractivity contribution < 1.29 is 14.4 Å². The Morgan fingerprint density at radius 2 is 1.62 bits per heavy atom. The Hall–Kier alpha value is -5.44. The van der Waals surface area contributed by atoms with Crippen molar-refractivity contribution in [3.63, 3.8) is 0 Å². The van der Waals surface area contributed by atoms with Gasteiger partial charge in [0.2, 0.25) is 5.78 Å². The highest BCUT2D eigenvalue weighted by atomic mass is 16.2. The number of amides is 1. The summed E-state index contributed by atoms with van der Waals surface area (Å²) in [7, 11) is 0. The fourth-order valence-corrected chi connectivity index (χ4v) is 4.93. The van der Waals surface area contributed by atoms with E-state index in [-0.39, 0.29) is 21.9 Å². The SMILES string of the molecule is CCN1C(=O)/C(=c2/[nH][nH]c(=O)/c2=C\C2=CNc3ccccc3N/C2=C2/C=CC=CC2=O)C(=O)c2ccccc21. The van der Waals surface area contributed by atoms with Crippen molar-refractivity contribution in [3.8, 4) is 0 Å². The molecule has 0 fully saturated rings. The molecule has 9 nitrogen and oxygen atoms in total. The number of hydrogen-bond acceptors (Lipinski definition) is 6. The number of aromatic amines is 2. The predicted molar refractivity (Wildman–Crippen MR) is 149 cm³/mol.